The summed E-state index contributed by atoms with van der Waals surface area (Å²) in [5, 5.41) is 14.1. The fourth-order valence-corrected chi connectivity index (χ4v) is 4.90. The summed E-state index contributed by atoms with van der Waals surface area (Å²) in [4.78, 5) is 19.7. The number of alkyl halides is 3. The fourth-order valence-electron chi connectivity index (χ4n) is 4.90. The molecular weight excluding hydrogens is 525 g/mol. The average molecular weight is 555 g/mol. The van der Waals surface area contributed by atoms with Crippen molar-refractivity contribution in [3.63, 3.8) is 0 Å². The van der Waals surface area contributed by atoms with E-state index in [9.17, 15) is 18.3 Å². The van der Waals surface area contributed by atoms with Gasteiger partial charge in [0.25, 0.3) is 0 Å². The summed E-state index contributed by atoms with van der Waals surface area (Å²) in [6.45, 7) is 8.05. The predicted molar refractivity (Wildman–Crippen MR) is 141 cm³/mol. The maximum Gasteiger partial charge on any atom is 0.417 e. The molecule has 1 aromatic carbocycles. The van der Waals surface area contributed by atoms with Crippen LogP contribution in [-0.2, 0) is 19.3 Å². The number of fused-ring (bicyclic) bond motifs is 1. The summed E-state index contributed by atoms with van der Waals surface area (Å²) in [5.41, 5.74) is 2.86. The van der Waals surface area contributed by atoms with Gasteiger partial charge >= 0.3 is 6.18 Å². The Labute approximate surface area is 229 Å². The molecule has 0 bridgehead atoms. The van der Waals surface area contributed by atoms with E-state index in [-0.39, 0.29) is 23.7 Å². The van der Waals surface area contributed by atoms with Crippen LogP contribution in [0.3, 0.4) is 0 Å². The summed E-state index contributed by atoms with van der Waals surface area (Å²) in [7, 11) is 0. The Morgan fingerprint density at radius 3 is 2.62 bits per heavy atom. The number of rotatable bonds is 8. The molecule has 210 valence electrons. The number of anilines is 1. The quantitative estimate of drug-likeness (QED) is 0.298. The van der Waals surface area contributed by atoms with Gasteiger partial charge in [0, 0.05) is 29.4 Å². The second-order valence-electron chi connectivity index (χ2n) is 9.85. The molecule has 0 saturated carbocycles. The van der Waals surface area contributed by atoms with Gasteiger partial charge in [-0.05, 0) is 45.4 Å². The third-order valence-electron chi connectivity index (χ3n) is 6.87. The van der Waals surface area contributed by atoms with Crippen molar-refractivity contribution in [2.24, 2.45) is 0 Å². The largest absolute Gasteiger partial charge is 0.491 e. The number of ether oxygens (including phenoxy) is 1. The molecule has 0 fully saturated rings. The highest BCUT2D eigenvalue weighted by Gasteiger charge is 2.36. The van der Waals surface area contributed by atoms with E-state index in [0.29, 0.717) is 53.6 Å². The molecule has 5 rings (SSSR count). The van der Waals surface area contributed by atoms with Crippen LogP contribution in [0, 0.1) is 20.8 Å². The zero-order valence-electron chi connectivity index (χ0n) is 22.6. The molecule has 1 aliphatic rings. The van der Waals surface area contributed by atoms with Gasteiger partial charge in [-0.15, -0.1) is 0 Å². The Morgan fingerprint density at radius 1 is 1.15 bits per heavy atom. The first kappa shape index (κ1) is 27.5. The van der Waals surface area contributed by atoms with Crippen molar-refractivity contribution in [2.75, 3.05) is 11.5 Å². The Morgan fingerprint density at radius 2 is 1.95 bits per heavy atom. The molecule has 1 atom stereocenters. The van der Waals surface area contributed by atoms with Crippen molar-refractivity contribution in [3.8, 4) is 28.4 Å². The topological polar surface area (TPSA) is 110 Å². The van der Waals surface area contributed by atoms with E-state index in [0.717, 1.165) is 23.7 Å². The molecule has 40 heavy (non-hydrogen) atoms. The predicted octanol–water partition coefficient (Wildman–Crippen LogP) is 5.59. The number of hydrogen-bond donors (Lipinski definition) is 1. The minimum absolute atomic E-state index is 0.0456. The van der Waals surface area contributed by atoms with Gasteiger partial charge in [0.05, 0.1) is 40.9 Å². The van der Waals surface area contributed by atoms with Gasteiger partial charge in [0.1, 0.15) is 30.3 Å². The second kappa shape index (κ2) is 10.8. The normalized spacial score (nSPS) is 13.9. The lowest BCUT2D eigenvalue weighted by Gasteiger charge is -2.22. The highest BCUT2D eigenvalue weighted by atomic mass is 19.4. The summed E-state index contributed by atoms with van der Waals surface area (Å²) < 4.78 is 53.8. The van der Waals surface area contributed by atoms with Crippen molar-refractivity contribution in [2.45, 2.75) is 65.9 Å². The van der Waals surface area contributed by atoms with Crippen molar-refractivity contribution in [3.05, 3.63) is 64.6 Å². The molecule has 0 aliphatic carbocycles. The Hall–Kier alpha value is -4.06. The summed E-state index contributed by atoms with van der Waals surface area (Å²) >= 11 is 0. The van der Waals surface area contributed by atoms with Gasteiger partial charge < -0.3 is 19.3 Å². The Bertz CT molecular complexity index is 1490. The van der Waals surface area contributed by atoms with E-state index < -0.39 is 17.8 Å². The van der Waals surface area contributed by atoms with Crippen molar-refractivity contribution < 1.29 is 27.5 Å². The zero-order chi connectivity index (χ0) is 28.6. The van der Waals surface area contributed by atoms with Crippen molar-refractivity contribution in [1.82, 2.24) is 25.1 Å². The number of aryl methyl sites for hydroxylation is 2. The van der Waals surface area contributed by atoms with E-state index in [1.807, 2.05) is 18.7 Å². The van der Waals surface area contributed by atoms with Crippen LogP contribution >= 0.6 is 0 Å². The molecule has 0 amide bonds. The van der Waals surface area contributed by atoms with Crippen LogP contribution < -0.4 is 9.64 Å². The molecule has 1 N–H and O–H groups in total. The van der Waals surface area contributed by atoms with Crippen molar-refractivity contribution >= 4 is 5.82 Å². The third-order valence-corrected chi connectivity index (χ3v) is 6.87. The van der Waals surface area contributed by atoms with E-state index in [4.69, 9.17) is 9.26 Å². The number of hydrogen-bond acceptors (Lipinski definition) is 9. The van der Waals surface area contributed by atoms with Gasteiger partial charge in [0.15, 0.2) is 5.82 Å². The van der Waals surface area contributed by atoms with Crippen LogP contribution in [0.1, 0.15) is 53.6 Å². The minimum Gasteiger partial charge on any atom is -0.491 e. The molecule has 0 saturated heterocycles. The zero-order valence-corrected chi connectivity index (χ0v) is 22.6. The molecular formula is C28H29F3N6O3. The van der Waals surface area contributed by atoms with Crippen LogP contribution in [0.15, 0.2) is 35.2 Å². The summed E-state index contributed by atoms with van der Waals surface area (Å²) in [5.74, 6) is 1.01. The number of halogens is 3. The summed E-state index contributed by atoms with van der Waals surface area (Å²) in [6, 6.07) is 3.47. The standard InChI is InChI=1S/C28H29F3N6O3/c1-5-6-19(38)13-39-20-7-8-22(28(29,30)31)21(9-20)26-34-25(24-16(3)36-40-17(24)4)15(2)27(35-26)37-11-18-10-32-14-33-23(18)12-37/h7-10,14,19,38H,5-6,11-13H2,1-4H3/t19-/m1/s1. The lowest BCUT2D eigenvalue weighted by atomic mass is 10.0. The molecule has 4 aromatic rings. The molecule has 0 radical (unpaired) electrons. The number of aliphatic hydroxyl groups is 1. The van der Waals surface area contributed by atoms with Crippen molar-refractivity contribution in [1.29, 1.82) is 0 Å². The Kier molecular flexibility index (Phi) is 7.45. The first-order valence-corrected chi connectivity index (χ1v) is 12.9. The van der Waals surface area contributed by atoms with Gasteiger partial charge in [-0.1, -0.05) is 18.5 Å². The number of aliphatic hydroxyl groups excluding tert-OH is 1. The molecule has 1 aliphatic heterocycles. The third kappa shape index (κ3) is 5.35. The molecule has 3 aromatic heterocycles. The molecule has 9 nitrogen and oxygen atoms in total. The molecule has 4 heterocycles. The van der Waals surface area contributed by atoms with Gasteiger partial charge in [-0.2, -0.15) is 13.2 Å². The van der Waals surface area contributed by atoms with Crippen LogP contribution in [0.5, 0.6) is 5.75 Å². The van der Waals surface area contributed by atoms with E-state index in [1.54, 1.807) is 20.0 Å². The smallest absolute Gasteiger partial charge is 0.417 e. The maximum absolute atomic E-state index is 14.3. The van der Waals surface area contributed by atoms with Gasteiger partial charge in [0.2, 0.25) is 0 Å². The minimum atomic E-state index is -4.67. The fraction of sp³-hybridized carbons (Fsp3) is 0.393. The van der Waals surface area contributed by atoms with E-state index in [2.05, 4.69) is 25.1 Å². The van der Waals surface area contributed by atoms with Crippen LogP contribution in [-0.4, -0.2) is 42.9 Å². The monoisotopic (exact) mass is 554 g/mol. The van der Waals surface area contributed by atoms with Gasteiger partial charge in [-0.25, -0.2) is 19.9 Å². The SMILES string of the molecule is CCC[C@@H](O)COc1ccc(C(F)(F)F)c(-c2nc(-c3c(C)noc3C)c(C)c(N3Cc4cncnc4C3)n2)c1. The van der Waals surface area contributed by atoms with Crippen LogP contribution in [0.4, 0.5) is 19.0 Å². The molecule has 0 spiro atoms. The molecule has 12 heteroatoms. The van der Waals surface area contributed by atoms with Gasteiger partial charge in [-0.3, -0.25) is 0 Å². The average Bonchev–Trinajstić information content (AvgIpc) is 3.49. The first-order valence-electron chi connectivity index (χ1n) is 12.9. The van der Waals surface area contributed by atoms with Crippen LogP contribution in [0.2, 0.25) is 0 Å². The Balaban J connectivity index is 1.67. The lowest BCUT2D eigenvalue weighted by Crippen LogP contribution is -2.19. The van der Waals surface area contributed by atoms with E-state index >= 15 is 0 Å². The molecule has 0 unspecified atom stereocenters. The summed E-state index contributed by atoms with van der Waals surface area (Å²) in [6.07, 6.45) is -0.949. The van der Waals surface area contributed by atoms with Crippen LogP contribution in [0.25, 0.3) is 22.6 Å². The number of benzene rings is 1. The first-order chi connectivity index (χ1) is 19.1. The van der Waals surface area contributed by atoms with E-state index in [1.165, 1.54) is 18.5 Å². The number of nitrogens with zero attached hydrogens (tertiary/aromatic N) is 6. The number of aromatic nitrogens is 5. The lowest BCUT2D eigenvalue weighted by molar-refractivity contribution is -0.137. The highest BCUT2D eigenvalue weighted by molar-refractivity contribution is 5.76. The second-order valence-corrected chi connectivity index (χ2v) is 9.85. The highest BCUT2D eigenvalue weighted by Crippen LogP contribution is 2.41. The maximum atomic E-state index is 14.3.